The maximum absolute atomic E-state index is 9.97. The molecule has 1 saturated heterocycles. The van der Waals surface area contributed by atoms with Gasteiger partial charge in [0, 0.05) is 11.3 Å². The quantitative estimate of drug-likeness (QED) is 0.809. The van der Waals surface area contributed by atoms with Crippen LogP contribution < -0.4 is 0 Å². The van der Waals surface area contributed by atoms with Gasteiger partial charge < -0.3 is 9.84 Å². The highest BCUT2D eigenvalue weighted by atomic mass is 32.1. The van der Waals surface area contributed by atoms with Gasteiger partial charge in [-0.2, -0.15) is 0 Å². The van der Waals surface area contributed by atoms with E-state index in [4.69, 9.17) is 4.74 Å². The van der Waals surface area contributed by atoms with Crippen molar-refractivity contribution in [2.45, 2.75) is 32.0 Å². The van der Waals surface area contributed by atoms with Gasteiger partial charge in [0.2, 0.25) is 0 Å². The third-order valence-electron chi connectivity index (χ3n) is 2.78. The van der Waals surface area contributed by atoms with Gasteiger partial charge in [-0.05, 0) is 20.3 Å². The van der Waals surface area contributed by atoms with E-state index in [0.29, 0.717) is 6.61 Å². The highest BCUT2D eigenvalue weighted by molar-refractivity contribution is 7.07. The molecule has 1 N–H and O–H groups in total. The van der Waals surface area contributed by atoms with Gasteiger partial charge in [0.25, 0.3) is 0 Å². The Labute approximate surface area is 87.7 Å². The van der Waals surface area contributed by atoms with Crippen molar-refractivity contribution in [1.29, 1.82) is 0 Å². The van der Waals surface area contributed by atoms with Crippen molar-refractivity contribution in [3.63, 3.8) is 0 Å². The van der Waals surface area contributed by atoms with E-state index in [0.717, 1.165) is 12.1 Å². The molecule has 3 nitrogen and oxygen atoms in total. The highest BCUT2D eigenvalue weighted by Crippen LogP contribution is 2.31. The largest absolute Gasteiger partial charge is 0.390 e. The van der Waals surface area contributed by atoms with E-state index in [1.54, 1.807) is 11.3 Å². The number of nitrogens with zero attached hydrogens (tertiary/aromatic N) is 1. The number of hydrogen-bond donors (Lipinski definition) is 1. The predicted octanol–water partition coefficient (Wildman–Crippen LogP) is 1.47. The van der Waals surface area contributed by atoms with Crippen LogP contribution in [-0.4, -0.2) is 28.4 Å². The van der Waals surface area contributed by atoms with E-state index in [2.05, 4.69) is 4.98 Å². The highest BCUT2D eigenvalue weighted by Gasteiger charge is 2.42. The molecular weight excluding hydrogens is 198 g/mol. The van der Waals surface area contributed by atoms with Crippen molar-refractivity contribution >= 4 is 11.3 Å². The van der Waals surface area contributed by atoms with Gasteiger partial charge in [0.1, 0.15) is 0 Å². The number of aliphatic hydroxyl groups excluding tert-OH is 1. The Bertz CT molecular complexity index is 297. The summed E-state index contributed by atoms with van der Waals surface area (Å²) in [6, 6.07) is 0. The van der Waals surface area contributed by atoms with Crippen molar-refractivity contribution in [2.75, 3.05) is 6.61 Å². The maximum Gasteiger partial charge on any atom is 0.0888 e. The van der Waals surface area contributed by atoms with E-state index >= 15 is 0 Å². The average Bonchev–Trinajstić information content (AvgIpc) is 2.70. The SMILES string of the molecule is CC1(C)OCC(Cc2cscn2)C1O. The lowest BCUT2D eigenvalue weighted by atomic mass is 9.91. The van der Waals surface area contributed by atoms with E-state index in [1.165, 1.54) is 0 Å². The molecule has 2 rings (SSSR count). The molecule has 0 amide bonds. The summed E-state index contributed by atoms with van der Waals surface area (Å²) in [4.78, 5) is 4.21. The summed E-state index contributed by atoms with van der Waals surface area (Å²) in [6.07, 6.45) is 0.429. The van der Waals surface area contributed by atoms with Crippen LogP contribution in [0.25, 0.3) is 0 Å². The van der Waals surface area contributed by atoms with Crippen LogP contribution in [0.5, 0.6) is 0 Å². The van der Waals surface area contributed by atoms with Gasteiger partial charge in [0.05, 0.1) is 29.5 Å². The molecule has 0 saturated carbocycles. The maximum atomic E-state index is 9.97. The number of ether oxygens (including phenoxy) is 1. The second kappa shape index (κ2) is 3.61. The minimum absolute atomic E-state index is 0.187. The molecule has 1 fully saturated rings. The van der Waals surface area contributed by atoms with Gasteiger partial charge in [-0.25, -0.2) is 4.98 Å². The molecule has 78 valence electrons. The molecule has 0 spiro atoms. The molecule has 0 aliphatic carbocycles. The number of rotatable bonds is 2. The summed E-state index contributed by atoms with van der Waals surface area (Å²) >= 11 is 1.59. The zero-order valence-electron chi connectivity index (χ0n) is 8.43. The first kappa shape index (κ1) is 10.1. The van der Waals surface area contributed by atoms with Crippen LogP contribution in [0.1, 0.15) is 19.5 Å². The Hall–Kier alpha value is -0.450. The molecular formula is C10H15NO2S. The summed E-state index contributed by atoms with van der Waals surface area (Å²) in [5.74, 6) is 0.187. The van der Waals surface area contributed by atoms with Gasteiger partial charge in [-0.15, -0.1) is 11.3 Å². The number of aliphatic hydroxyl groups is 1. The molecule has 2 atom stereocenters. The van der Waals surface area contributed by atoms with Crippen molar-refractivity contribution in [3.8, 4) is 0 Å². The summed E-state index contributed by atoms with van der Waals surface area (Å²) in [6.45, 7) is 4.49. The fourth-order valence-corrected chi connectivity index (χ4v) is 2.41. The standard InChI is InChI=1S/C10H15NO2S/c1-10(2)9(12)7(4-13-10)3-8-5-14-6-11-8/h5-7,9,12H,3-4H2,1-2H3. The molecule has 4 heteroatoms. The number of hydrogen-bond acceptors (Lipinski definition) is 4. The molecule has 2 heterocycles. The zero-order chi connectivity index (χ0) is 10.2. The predicted molar refractivity (Wildman–Crippen MR) is 55.3 cm³/mol. The van der Waals surface area contributed by atoms with E-state index in [9.17, 15) is 5.11 Å². The zero-order valence-corrected chi connectivity index (χ0v) is 9.25. The smallest absolute Gasteiger partial charge is 0.0888 e. The first-order valence-electron chi connectivity index (χ1n) is 4.78. The monoisotopic (exact) mass is 213 g/mol. The lowest BCUT2D eigenvalue weighted by Crippen LogP contribution is -2.35. The van der Waals surface area contributed by atoms with E-state index in [1.807, 2.05) is 24.7 Å². The third-order valence-corrected chi connectivity index (χ3v) is 3.42. The Balaban J connectivity index is 2.01. The average molecular weight is 213 g/mol. The Morgan fingerprint density at radius 2 is 2.50 bits per heavy atom. The summed E-state index contributed by atoms with van der Waals surface area (Å²) in [5, 5.41) is 12.0. The molecule has 1 aromatic rings. The third kappa shape index (κ3) is 1.82. The van der Waals surface area contributed by atoms with Crippen LogP contribution in [0.15, 0.2) is 10.9 Å². The van der Waals surface area contributed by atoms with Crippen molar-refractivity contribution in [1.82, 2.24) is 4.98 Å². The molecule has 1 aromatic heterocycles. The van der Waals surface area contributed by atoms with Crippen LogP contribution >= 0.6 is 11.3 Å². The second-order valence-electron chi connectivity index (χ2n) is 4.30. The van der Waals surface area contributed by atoms with Crippen molar-refractivity contribution in [3.05, 3.63) is 16.6 Å². The lowest BCUT2D eigenvalue weighted by molar-refractivity contribution is -0.0312. The summed E-state index contributed by atoms with van der Waals surface area (Å²) in [5.41, 5.74) is 2.48. The number of thiazole rings is 1. The van der Waals surface area contributed by atoms with Crippen LogP contribution in [0.2, 0.25) is 0 Å². The summed E-state index contributed by atoms with van der Waals surface area (Å²) in [7, 11) is 0. The molecule has 0 radical (unpaired) electrons. The van der Waals surface area contributed by atoms with Gasteiger partial charge in [-0.3, -0.25) is 0 Å². The Kier molecular flexibility index (Phi) is 2.60. The fourth-order valence-electron chi connectivity index (χ4n) is 1.84. The minimum Gasteiger partial charge on any atom is -0.390 e. The molecule has 14 heavy (non-hydrogen) atoms. The number of aromatic nitrogens is 1. The molecule has 0 aromatic carbocycles. The van der Waals surface area contributed by atoms with Gasteiger partial charge in [-0.1, -0.05) is 0 Å². The van der Waals surface area contributed by atoms with E-state index in [-0.39, 0.29) is 12.0 Å². The second-order valence-corrected chi connectivity index (χ2v) is 5.02. The van der Waals surface area contributed by atoms with Crippen LogP contribution in [0, 0.1) is 5.92 Å². The van der Waals surface area contributed by atoms with E-state index < -0.39 is 5.60 Å². The first-order chi connectivity index (χ1) is 6.59. The Morgan fingerprint density at radius 1 is 1.71 bits per heavy atom. The van der Waals surface area contributed by atoms with Crippen molar-refractivity contribution < 1.29 is 9.84 Å². The molecule has 2 unspecified atom stereocenters. The first-order valence-corrected chi connectivity index (χ1v) is 5.73. The lowest BCUT2D eigenvalue weighted by Gasteiger charge is -2.23. The molecule has 1 aliphatic rings. The molecule has 1 aliphatic heterocycles. The van der Waals surface area contributed by atoms with Gasteiger partial charge in [0.15, 0.2) is 0 Å². The normalized spacial score (nSPS) is 30.8. The summed E-state index contributed by atoms with van der Waals surface area (Å²) < 4.78 is 5.54. The molecule has 0 bridgehead atoms. The van der Waals surface area contributed by atoms with Crippen LogP contribution in [0.4, 0.5) is 0 Å². The van der Waals surface area contributed by atoms with Crippen LogP contribution in [-0.2, 0) is 11.2 Å². The Morgan fingerprint density at radius 3 is 3.00 bits per heavy atom. The topological polar surface area (TPSA) is 42.4 Å². The van der Waals surface area contributed by atoms with Gasteiger partial charge >= 0.3 is 0 Å². The minimum atomic E-state index is -0.402. The van der Waals surface area contributed by atoms with Crippen LogP contribution in [0.3, 0.4) is 0 Å². The van der Waals surface area contributed by atoms with Crippen molar-refractivity contribution in [2.24, 2.45) is 5.92 Å². The fraction of sp³-hybridized carbons (Fsp3) is 0.700.